The van der Waals surface area contributed by atoms with Crippen molar-refractivity contribution in [2.24, 2.45) is 5.10 Å². The fourth-order valence-corrected chi connectivity index (χ4v) is 2.52. The van der Waals surface area contributed by atoms with Gasteiger partial charge in [0.05, 0.1) is 13.3 Å². The molecule has 0 unspecified atom stereocenters. The summed E-state index contributed by atoms with van der Waals surface area (Å²) in [6.07, 6.45) is 3.29. The number of aromatic amines is 1. The molecule has 1 aliphatic rings. The first kappa shape index (κ1) is 14.7. The fraction of sp³-hybridized carbons (Fsp3) is 0.357. The van der Waals surface area contributed by atoms with E-state index in [1.54, 1.807) is 18.2 Å². The third kappa shape index (κ3) is 2.75. The number of nitrogens with one attached hydrogen (secondary N) is 1. The number of phenols is 1. The number of hydrogen-bond donors (Lipinski definition) is 2. The van der Waals surface area contributed by atoms with E-state index in [1.165, 1.54) is 18.0 Å². The Balaban J connectivity index is 1.93. The molecule has 8 heteroatoms. The molecule has 0 spiro atoms. The number of aromatic nitrogens is 3. The maximum absolute atomic E-state index is 10.1. The summed E-state index contributed by atoms with van der Waals surface area (Å²) in [5.41, 5.74) is 0.528. The first-order chi connectivity index (χ1) is 10.7. The lowest BCUT2D eigenvalue weighted by Gasteiger charge is -2.08. The molecule has 7 nitrogen and oxygen atoms in total. The van der Waals surface area contributed by atoms with Crippen LogP contribution in [0.1, 0.15) is 30.3 Å². The van der Waals surface area contributed by atoms with E-state index in [2.05, 4.69) is 15.3 Å². The van der Waals surface area contributed by atoms with E-state index in [1.807, 2.05) is 0 Å². The number of benzene rings is 1. The third-order valence-corrected chi connectivity index (χ3v) is 3.72. The van der Waals surface area contributed by atoms with E-state index < -0.39 is 0 Å². The maximum atomic E-state index is 10.1. The standard InChI is InChI=1S/C14H16N4O3S/c1-20-10-5-2-4-9(12(10)19)8-15-18-13(16-17-14(18)22)11-6-3-7-21-11/h2,4-5,8,11,19H,3,6-7H2,1H3,(H,17,22)/b15-8+/t11-/m0/s1. The minimum absolute atomic E-state index is 0.0300. The number of hydrogen-bond acceptors (Lipinski definition) is 6. The zero-order chi connectivity index (χ0) is 15.5. The highest BCUT2D eigenvalue weighted by atomic mass is 32.1. The maximum Gasteiger partial charge on any atom is 0.216 e. The van der Waals surface area contributed by atoms with Crippen LogP contribution in [0.25, 0.3) is 0 Å². The normalized spacial score (nSPS) is 18.1. The van der Waals surface area contributed by atoms with Crippen LogP contribution in [0.15, 0.2) is 23.3 Å². The Labute approximate surface area is 132 Å². The van der Waals surface area contributed by atoms with Crippen molar-refractivity contribution in [1.29, 1.82) is 0 Å². The molecule has 3 rings (SSSR count). The first-order valence-electron chi connectivity index (χ1n) is 6.90. The van der Waals surface area contributed by atoms with Crippen LogP contribution in [0.2, 0.25) is 0 Å². The first-order valence-corrected chi connectivity index (χ1v) is 7.30. The monoisotopic (exact) mass is 320 g/mol. The summed E-state index contributed by atoms with van der Waals surface area (Å²) in [5.74, 6) is 1.06. The molecule has 1 saturated heterocycles. The summed E-state index contributed by atoms with van der Waals surface area (Å²) in [7, 11) is 1.50. The zero-order valence-electron chi connectivity index (χ0n) is 12.0. The van der Waals surface area contributed by atoms with Gasteiger partial charge in [0.1, 0.15) is 6.10 Å². The van der Waals surface area contributed by atoms with Gasteiger partial charge >= 0.3 is 0 Å². The van der Waals surface area contributed by atoms with E-state index in [0.717, 1.165) is 12.8 Å². The molecule has 2 heterocycles. The van der Waals surface area contributed by atoms with Crippen molar-refractivity contribution in [2.75, 3.05) is 13.7 Å². The summed E-state index contributed by atoms with van der Waals surface area (Å²) in [4.78, 5) is 0. The van der Waals surface area contributed by atoms with Gasteiger partial charge in [-0.2, -0.15) is 14.9 Å². The largest absolute Gasteiger partial charge is 0.504 e. The molecule has 2 aromatic rings. The van der Waals surface area contributed by atoms with Gasteiger partial charge in [-0.05, 0) is 37.2 Å². The van der Waals surface area contributed by atoms with Gasteiger partial charge < -0.3 is 14.6 Å². The van der Waals surface area contributed by atoms with E-state index in [9.17, 15) is 5.11 Å². The molecule has 1 fully saturated rings. The molecule has 0 saturated carbocycles. The van der Waals surface area contributed by atoms with E-state index in [4.69, 9.17) is 21.7 Å². The lowest BCUT2D eigenvalue weighted by Crippen LogP contribution is -2.05. The Morgan fingerprint density at radius 3 is 3.18 bits per heavy atom. The van der Waals surface area contributed by atoms with Crippen molar-refractivity contribution in [3.05, 3.63) is 34.4 Å². The number of phenolic OH excluding ortho intramolecular Hbond substituents is 1. The van der Waals surface area contributed by atoms with Gasteiger partial charge in [-0.1, -0.05) is 6.07 Å². The Morgan fingerprint density at radius 2 is 2.45 bits per heavy atom. The molecular formula is C14H16N4O3S. The number of rotatable bonds is 4. The molecule has 1 aromatic heterocycles. The van der Waals surface area contributed by atoms with Crippen LogP contribution in [-0.2, 0) is 4.74 Å². The zero-order valence-corrected chi connectivity index (χ0v) is 12.8. The molecule has 1 atom stereocenters. The number of H-pyrrole nitrogens is 1. The second-order valence-electron chi connectivity index (χ2n) is 4.84. The molecule has 1 aliphatic heterocycles. The van der Waals surface area contributed by atoms with Crippen LogP contribution >= 0.6 is 12.2 Å². The highest BCUT2D eigenvalue weighted by Crippen LogP contribution is 2.29. The summed E-state index contributed by atoms with van der Waals surface area (Å²) < 4.78 is 12.6. The average Bonchev–Trinajstić information content (AvgIpc) is 3.16. The number of nitrogens with zero attached hydrogens (tertiary/aromatic N) is 3. The summed E-state index contributed by atoms with van der Waals surface area (Å²) in [6.45, 7) is 0.713. The van der Waals surface area contributed by atoms with Gasteiger partial charge in [-0.15, -0.1) is 0 Å². The smallest absolute Gasteiger partial charge is 0.216 e. The van der Waals surface area contributed by atoms with Gasteiger partial charge in [0.15, 0.2) is 17.3 Å². The molecule has 0 bridgehead atoms. The van der Waals surface area contributed by atoms with Gasteiger partial charge in [0.25, 0.3) is 0 Å². The van der Waals surface area contributed by atoms with Gasteiger partial charge in [-0.3, -0.25) is 5.10 Å². The Morgan fingerprint density at radius 1 is 1.59 bits per heavy atom. The number of aromatic hydroxyl groups is 1. The lowest BCUT2D eigenvalue weighted by atomic mass is 10.2. The Kier molecular flexibility index (Phi) is 4.21. The summed E-state index contributed by atoms with van der Waals surface area (Å²) >= 11 is 5.19. The fourth-order valence-electron chi connectivity index (χ4n) is 2.33. The van der Waals surface area contributed by atoms with Crippen molar-refractivity contribution in [1.82, 2.24) is 14.9 Å². The SMILES string of the molecule is COc1cccc(/C=N/n2c([C@@H]3CCCO3)n[nH]c2=S)c1O. The van der Waals surface area contributed by atoms with Crippen molar-refractivity contribution >= 4 is 18.4 Å². The topological polar surface area (TPSA) is 84.7 Å². The quantitative estimate of drug-likeness (QED) is 0.667. The second-order valence-corrected chi connectivity index (χ2v) is 5.23. The second kappa shape index (κ2) is 6.29. The number of methoxy groups -OCH3 is 1. The van der Waals surface area contributed by atoms with Crippen LogP contribution in [0, 0.1) is 4.77 Å². The van der Waals surface area contributed by atoms with Crippen molar-refractivity contribution in [3.8, 4) is 11.5 Å². The molecule has 2 N–H and O–H groups in total. The van der Waals surface area contributed by atoms with Crippen LogP contribution in [0.5, 0.6) is 11.5 Å². The average molecular weight is 320 g/mol. The van der Waals surface area contributed by atoms with E-state index in [-0.39, 0.29) is 11.9 Å². The molecule has 22 heavy (non-hydrogen) atoms. The summed E-state index contributed by atoms with van der Waals surface area (Å²) in [5, 5.41) is 21.3. The Hall–Kier alpha value is -2.19. The minimum atomic E-state index is -0.107. The highest BCUT2D eigenvalue weighted by Gasteiger charge is 2.23. The highest BCUT2D eigenvalue weighted by molar-refractivity contribution is 7.71. The van der Waals surface area contributed by atoms with E-state index in [0.29, 0.717) is 28.5 Å². The van der Waals surface area contributed by atoms with Crippen molar-refractivity contribution < 1.29 is 14.6 Å². The van der Waals surface area contributed by atoms with E-state index >= 15 is 0 Å². The predicted octanol–water partition coefficient (Wildman–Crippen LogP) is 2.39. The molecular weight excluding hydrogens is 304 g/mol. The van der Waals surface area contributed by atoms with Crippen LogP contribution in [-0.4, -0.2) is 39.9 Å². The van der Waals surface area contributed by atoms with Crippen molar-refractivity contribution in [2.45, 2.75) is 18.9 Å². The predicted molar refractivity (Wildman–Crippen MR) is 83.0 cm³/mol. The number of ether oxygens (including phenoxy) is 2. The summed E-state index contributed by atoms with van der Waals surface area (Å²) in [6, 6.07) is 5.18. The van der Waals surface area contributed by atoms with Crippen LogP contribution in [0.3, 0.4) is 0 Å². The van der Waals surface area contributed by atoms with Crippen LogP contribution < -0.4 is 4.74 Å². The third-order valence-electron chi connectivity index (χ3n) is 3.46. The number of para-hydroxylation sites is 1. The molecule has 0 amide bonds. The van der Waals surface area contributed by atoms with Crippen LogP contribution in [0.4, 0.5) is 0 Å². The minimum Gasteiger partial charge on any atom is -0.504 e. The van der Waals surface area contributed by atoms with Crippen molar-refractivity contribution in [3.63, 3.8) is 0 Å². The molecule has 0 aliphatic carbocycles. The van der Waals surface area contributed by atoms with Gasteiger partial charge in [0, 0.05) is 12.2 Å². The Bertz CT molecular complexity index is 747. The molecule has 1 aromatic carbocycles. The van der Waals surface area contributed by atoms with Gasteiger partial charge in [-0.25, -0.2) is 0 Å². The lowest BCUT2D eigenvalue weighted by molar-refractivity contribution is 0.102. The molecule has 116 valence electrons. The molecule has 0 radical (unpaired) electrons. The van der Waals surface area contributed by atoms with Gasteiger partial charge in [0.2, 0.25) is 4.77 Å².